The number of anilines is 1. The first kappa shape index (κ1) is 11.8. The lowest BCUT2D eigenvalue weighted by atomic mass is 10.2. The van der Waals surface area contributed by atoms with E-state index in [1.165, 1.54) is 0 Å². The van der Waals surface area contributed by atoms with Crippen LogP contribution in [0.5, 0.6) is 0 Å². The summed E-state index contributed by atoms with van der Waals surface area (Å²) < 4.78 is 0. The van der Waals surface area contributed by atoms with Crippen molar-refractivity contribution in [2.75, 3.05) is 11.9 Å². The Morgan fingerprint density at radius 3 is 2.87 bits per heavy atom. The van der Waals surface area contributed by atoms with Gasteiger partial charge in [0.15, 0.2) is 0 Å². The molecular weight excluding hydrogens is 208 g/mol. The van der Waals surface area contributed by atoms with E-state index in [2.05, 4.69) is 9.97 Å². The van der Waals surface area contributed by atoms with Crippen molar-refractivity contribution in [1.29, 1.82) is 0 Å². The van der Waals surface area contributed by atoms with Crippen molar-refractivity contribution >= 4 is 23.2 Å². The van der Waals surface area contributed by atoms with Crippen LogP contribution in [0.15, 0.2) is 12.3 Å². The Morgan fingerprint density at radius 2 is 2.33 bits per heavy atom. The molecule has 1 unspecified atom stereocenters. The maximum Gasteiger partial charge on any atom is 0.225 e. The predicted octanol–water partition coefficient (Wildman–Crippen LogP) is 1.29. The topological polar surface area (TPSA) is 55.0 Å². The Labute approximate surface area is 95.5 Å². The summed E-state index contributed by atoms with van der Waals surface area (Å²) in [7, 11) is 1.94. The van der Waals surface area contributed by atoms with Crippen molar-refractivity contribution in [2.24, 2.45) is 5.73 Å². The molecule has 82 valence electrons. The molecule has 4 nitrogen and oxygen atoms in total. The van der Waals surface area contributed by atoms with Gasteiger partial charge in [0.05, 0.1) is 4.99 Å². The van der Waals surface area contributed by atoms with Crippen molar-refractivity contribution in [3.63, 3.8) is 0 Å². The molecule has 0 spiro atoms. The van der Waals surface area contributed by atoms with Gasteiger partial charge in [-0.05, 0) is 19.9 Å². The average molecular weight is 224 g/mol. The van der Waals surface area contributed by atoms with Crippen LogP contribution in [0.2, 0.25) is 0 Å². The lowest BCUT2D eigenvalue weighted by molar-refractivity contribution is 0.692. The number of hydrogen-bond acceptors (Lipinski definition) is 4. The SMILES string of the molecule is Cc1ccnc(N(C)C(C)CC(N)=S)n1. The first-order valence-corrected chi connectivity index (χ1v) is 5.22. The first-order chi connectivity index (χ1) is 7.00. The zero-order valence-corrected chi connectivity index (χ0v) is 10.1. The van der Waals surface area contributed by atoms with Gasteiger partial charge in [-0.15, -0.1) is 0 Å². The molecule has 1 aromatic heterocycles. The molecule has 0 saturated heterocycles. The minimum absolute atomic E-state index is 0.212. The summed E-state index contributed by atoms with van der Waals surface area (Å²) in [5.74, 6) is 0.707. The van der Waals surface area contributed by atoms with Crippen LogP contribution in [-0.2, 0) is 0 Å². The number of thiocarbonyl (C=S) groups is 1. The zero-order valence-electron chi connectivity index (χ0n) is 9.27. The smallest absolute Gasteiger partial charge is 0.225 e. The number of hydrogen-bond donors (Lipinski definition) is 1. The van der Waals surface area contributed by atoms with Crippen molar-refractivity contribution < 1.29 is 0 Å². The average Bonchev–Trinajstić information content (AvgIpc) is 2.15. The van der Waals surface area contributed by atoms with Crippen molar-refractivity contribution in [1.82, 2.24) is 9.97 Å². The fourth-order valence-electron chi connectivity index (χ4n) is 1.23. The number of rotatable bonds is 4. The normalized spacial score (nSPS) is 12.2. The van der Waals surface area contributed by atoms with E-state index in [4.69, 9.17) is 18.0 Å². The van der Waals surface area contributed by atoms with Crippen molar-refractivity contribution in [2.45, 2.75) is 26.3 Å². The van der Waals surface area contributed by atoms with Crippen LogP contribution in [0.25, 0.3) is 0 Å². The highest BCUT2D eigenvalue weighted by Gasteiger charge is 2.13. The Balaban J connectivity index is 2.75. The quantitative estimate of drug-likeness (QED) is 0.781. The van der Waals surface area contributed by atoms with Gasteiger partial charge in [-0.1, -0.05) is 12.2 Å². The van der Waals surface area contributed by atoms with E-state index in [1.54, 1.807) is 6.20 Å². The third kappa shape index (κ3) is 3.43. The number of aryl methyl sites for hydroxylation is 1. The van der Waals surface area contributed by atoms with Crippen LogP contribution >= 0.6 is 12.2 Å². The highest BCUT2D eigenvalue weighted by molar-refractivity contribution is 7.80. The van der Waals surface area contributed by atoms with Crippen molar-refractivity contribution in [3.05, 3.63) is 18.0 Å². The van der Waals surface area contributed by atoms with Gasteiger partial charge >= 0.3 is 0 Å². The second-order valence-corrected chi connectivity index (χ2v) is 4.15. The molecule has 5 heteroatoms. The molecule has 0 saturated carbocycles. The molecule has 1 rings (SSSR count). The number of aromatic nitrogens is 2. The molecule has 0 radical (unpaired) electrons. The fourth-order valence-corrected chi connectivity index (χ4v) is 1.47. The molecule has 1 aromatic rings. The first-order valence-electron chi connectivity index (χ1n) is 4.81. The number of nitrogens with zero attached hydrogens (tertiary/aromatic N) is 3. The Kier molecular flexibility index (Phi) is 3.96. The minimum atomic E-state index is 0.212. The molecule has 0 bridgehead atoms. The molecule has 1 atom stereocenters. The predicted molar refractivity (Wildman–Crippen MR) is 66.0 cm³/mol. The lowest BCUT2D eigenvalue weighted by Gasteiger charge is -2.24. The van der Waals surface area contributed by atoms with Gasteiger partial charge in [0, 0.05) is 31.4 Å². The van der Waals surface area contributed by atoms with E-state index in [1.807, 2.05) is 31.9 Å². The molecule has 2 N–H and O–H groups in total. The summed E-state index contributed by atoms with van der Waals surface area (Å²) in [6.45, 7) is 3.99. The lowest BCUT2D eigenvalue weighted by Crippen LogP contribution is -2.33. The third-order valence-corrected chi connectivity index (χ3v) is 2.42. The van der Waals surface area contributed by atoms with Gasteiger partial charge in [0.2, 0.25) is 5.95 Å². The van der Waals surface area contributed by atoms with E-state index in [9.17, 15) is 0 Å². The monoisotopic (exact) mass is 224 g/mol. The molecule has 15 heavy (non-hydrogen) atoms. The van der Waals surface area contributed by atoms with Gasteiger partial charge in [0.1, 0.15) is 0 Å². The van der Waals surface area contributed by atoms with E-state index < -0.39 is 0 Å². The van der Waals surface area contributed by atoms with Crippen LogP contribution in [0.1, 0.15) is 19.0 Å². The maximum atomic E-state index is 5.50. The summed E-state index contributed by atoms with van der Waals surface area (Å²) in [5.41, 5.74) is 6.46. The maximum absolute atomic E-state index is 5.50. The number of nitrogens with two attached hydrogens (primary N) is 1. The van der Waals surface area contributed by atoms with Crippen LogP contribution < -0.4 is 10.6 Å². The molecule has 1 heterocycles. The molecule has 0 amide bonds. The summed E-state index contributed by atoms with van der Waals surface area (Å²) >= 11 is 4.88. The highest BCUT2D eigenvalue weighted by Crippen LogP contribution is 2.10. The van der Waals surface area contributed by atoms with Crippen molar-refractivity contribution in [3.8, 4) is 0 Å². The molecule has 0 aromatic carbocycles. The van der Waals surface area contributed by atoms with Gasteiger partial charge in [-0.3, -0.25) is 0 Å². The molecule has 0 aliphatic carbocycles. The summed E-state index contributed by atoms with van der Waals surface area (Å²) in [5, 5.41) is 0. The molecule has 0 aliphatic rings. The molecule has 0 aliphatic heterocycles. The van der Waals surface area contributed by atoms with Gasteiger partial charge in [0.25, 0.3) is 0 Å². The van der Waals surface area contributed by atoms with Crippen LogP contribution in [0.3, 0.4) is 0 Å². The zero-order chi connectivity index (χ0) is 11.4. The van der Waals surface area contributed by atoms with Crippen LogP contribution in [0.4, 0.5) is 5.95 Å². The largest absolute Gasteiger partial charge is 0.393 e. The van der Waals surface area contributed by atoms with Gasteiger partial charge < -0.3 is 10.6 Å². The third-order valence-electron chi connectivity index (χ3n) is 2.26. The minimum Gasteiger partial charge on any atom is -0.393 e. The van der Waals surface area contributed by atoms with Crippen LogP contribution in [-0.4, -0.2) is 28.0 Å². The molecule has 0 fully saturated rings. The van der Waals surface area contributed by atoms with E-state index in [0.717, 1.165) is 5.69 Å². The second-order valence-electron chi connectivity index (χ2n) is 3.63. The van der Waals surface area contributed by atoms with Crippen LogP contribution in [0, 0.1) is 6.92 Å². The molecular formula is C10H16N4S. The fraction of sp³-hybridized carbons (Fsp3) is 0.500. The van der Waals surface area contributed by atoms with E-state index in [-0.39, 0.29) is 6.04 Å². The summed E-state index contributed by atoms with van der Waals surface area (Å²) in [6.07, 6.45) is 2.42. The standard InChI is InChI=1S/C10H16N4S/c1-7-4-5-12-10(13-7)14(3)8(2)6-9(11)15/h4-5,8H,6H2,1-3H3,(H2,11,15). The second kappa shape index (κ2) is 5.02. The highest BCUT2D eigenvalue weighted by atomic mass is 32.1. The van der Waals surface area contributed by atoms with Gasteiger partial charge in [-0.2, -0.15) is 0 Å². The Morgan fingerprint density at radius 1 is 1.67 bits per heavy atom. The van der Waals surface area contributed by atoms with E-state index >= 15 is 0 Å². The summed E-state index contributed by atoms with van der Waals surface area (Å²) in [6, 6.07) is 2.08. The summed E-state index contributed by atoms with van der Waals surface area (Å²) in [4.78, 5) is 11.0. The Hall–Kier alpha value is -1.23. The van der Waals surface area contributed by atoms with E-state index in [0.29, 0.717) is 17.4 Å². The Bertz CT molecular complexity index is 353. The van der Waals surface area contributed by atoms with Gasteiger partial charge in [-0.25, -0.2) is 9.97 Å².